The highest BCUT2D eigenvalue weighted by atomic mass is 19.4. The maximum atomic E-state index is 13.5. The van der Waals surface area contributed by atoms with E-state index in [1.807, 2.05) is 6.07 Å². The maximum Gasteiger partial charge on any atom is 0.416 e. The molecule has 2 heterocycles. The van der Waals surface area contributed by atoms with E-state index in [-0.39, 0.29) is 17.0 Å². The van der Waals surface area contributed by atoms with E-state index in [4.69, 9.17) is 21.1 Å². The van der Waals surface area contributed by atoms with E-state index in [9.17, 15) is 28.0 Å². The number of allylic oxidation sites excluding steroid dienone is 1. The van der Waals surface area contributed by atoms with E-state index in [2.05, 4.69) is 6.07 Å². The van der Waals surface area contributed by atoms with Crippen LogP contribution in [0, 0.1) is 28.1 Å². The highest BCUT2D eigenvalue weighted by Crippen LogP contribution is 2.42. The number of urea groups is 1. The Morgan fingerprint density at radius 3 is 2.33 bits per heavy atom. The summed E-state index contributed by atoms with van der Waals surface area (Å²) < 4.78 is 47.4. The zero-order valence-corrected chi connectivity index (χ0v) is 23.0. The Hall–Kier alpha value is -5.69. The Labute approximate surface area is 244 Å². The molecule has 2 aromatic carbocycles. The number of nitriles is 2. The predicted molar refractivity (Wildman–Crippen MR) is 147 cm³/mol. The van der Waals surface area contributed by atoms with Crippen molar-refractivity contribution in [2.24, 2.45) is 5.73 Å². The maximum absolute atomic E-state index is 13.5. The summed E-state index contributed by atoms with van der Waals surface area (Å²) in [6.07, 6.45) is -0.986. The van der Waals surface area contributed by atoms with Crippen LogP contribution >= 0.6 is 0 Å². The number of aromatic nitrogens is 1. The number of halogens is 3. The zero-order chi connectivity index (χ0) is 31.5. The molecule has 0 fully saturated rings. The van der Waals surface area contributed by atoms with Crippen LogP contribution in [0.25, 0.3) is 0 Å². The lowest BCUT2D eigenvalue weighted by molar-refractivity contribution is -0.696. The van der Waals surface area contributed by atoms with Crippen molar-refractivity contribution in [1.29, 1.82) is 15.9 Å². The average molecular weight is 589 g/mol. The molecule has 0 spiro atoms. The number of hydrogen-bond acceptors (Lipinski definition) is 6. The predicted octanol–water partition coefficient (Wildman–Crippen LogP) is 4.30. The van der Waals surface area contributed by atoms with E-state index in [1.54, 1.807) is 41.2 Å². The Morgan fingerprint density at radius 2 is 1.74 bits per heavy atom. The van der Waals surface area contributed by atoms with Gasteiger partial charge in [-0.25, -0.2) is 14.2 Å². The van der Waals surface area contributed by atoms with Gasteiger partial charge < -0.3 is 10.5 Å². The van der Waals surface area contributed by atoms with Crippen LogP contribution in [-0.4, -0.2) is 30.0 Å². The monoisotopic (exact) mass is 588 g/mol. The average Bonchev–Trinajstić information content (AvgIpc) is 2.99. The Balaban J connectivity index is 1.90. The third-order valence-electron chi connectivity index (χ3n) is 7.00. The van der Waals surface area contributed by atoms with Crippen LogP contribution in [0.5, 0.6) is 0 Å². The number of alkyl halides is 3. The number of ether oxygens (including phenoxy) is 1. The van der Waals surface area contributed by atoms with Gasteiger partial charge in [-0.15, -0.1) is 0 Å². The first-order chi connectivity index (χ1) is 20.4. The summed E-state index contributed by atoms with van der Waals surface area (Å²) in [5.41, 5.74) is 6.23. The molecule has 0 unspecified atom stereocenters. The van der Waals surface area contributed by atoms with E-state index >= 15 is 0 Å². The second-order valence-corrected chi connectivity index (χ2v) is 9.52. The van der Waals surface area contributed by atoms with E-state index in [0.717, 1.165) is 35.1 Å². The normalized spacial score (nSPS) is 15.1. The van der Waals surface area contributed by atoms with Gasteiger partial charge in [0.15, 0.2) is 18.9 Å². The molecule has 13 heteroatoms. The molecule has 1 aliphatic rings. The van der Waals surface area contributed by atoms with Crippen LogP contribution in [0.2, 0.25) is 0 Å². The number of esters is 1. The number of rotatable bonds is 6. The molecule has 3 aromatic rings. The van der Waals surface area contributed by atoms with Crippen LogP contribution in [0.15, 0.2) is 78.3 Å². The number of hydrogen-bond donors (Lipinski definition) is 2. The zero-order valence-electron chi connectivity index (χ0n) is 23.0. The molecule has 0 saturated carbocycles. The van der Waals surface area contributed by atoms with E-state index in [0.29, 0.717) is 35.2 Å². The van der Waals surface area contributed by atoms with Crippen LogP contribution in [0.3, 0.4) is 0 Å². The summed E-state index contributed by atoms with van der Waals surface area (Å²) >= 11 is 0. The van der Waals surface area contributed by atoms with E-state index in [1.165, 1.54) is 19.1 Å². The van der Waals surface area contributed by atoms with Crippen molar-refractivity contribution in [3.05, 3.63) is 106 Å². The fourth-order valence-corrected chi connectivity index (χ4v) is 4.96. The van der Waals surface area contributed by atoms with Crippen LogP contribution in [0.1, 0.15) is 40.8 Å². The summed E-state index contributed by atoms with van der Waals surface area (Å²) in [5, 5.41) is 27.6. The van der Waals surface area contributed by atoms with Crippen molar-refractivity contribution in [3.8, 4) is 12.1 Å². The topological polar surface area (TPSA) is 151 Å². The fourth-order valence-electron chi connectivity index (χ4n) is 4.96. The minimum atomic E-state index is -4.69. The van der Waals surface area contributed by atoms with Gasteiger partial charge in [-0.3, -0.25) is 15.2 Å². The number of carbonyl (C=O) groups is 2. The Kier molecular flexibility index (Phi) is 8.48. The van der Waals surface area contributed by atoms with Gasteiger partial charge in [-0.2, -0.15) is 23.7 Å². The summed E-state index contributed by atoms with van der Waals surface area (Å²) in [6.45, 7) is 1.81. The number of primary amides is 1. The molecule has 4 rings (SSSR count). The molecule has 0 radical (unpaired) electrons. The number of benzene rings is 2. The smallest absolute Gasteiger partial charge is 0.416 e. The molecule has 10 nitrogen and oxygen atoms in total. The number of nitrogens with one attached hydrogen (secondary N) is 1. The minimum Gasteiger partial charge on any atom is -0.466 e. The lowest BCUT2D eigenvalue weighted by atomic mass is 9.88. The molecule has 0 bridgehead atoms. The second kappa shape index (κ2) is 12.0. The molecule has 43 heavy (non-hydrogen) atoms. The Bertz CT molecular complexity index is 1720. The summed E-state index contributed by atoms with van der Waals surface area (Å²) in [4.78, 5) is 28.1. The number of carbonyl (C=O) groups excluding carboxylic acids is 2. The largest absolute Gasteiger partial charge is 0.466 e. The van der Waals surface area contributed by atoms with Crippen LogP contribution in [0.4, 0.5) is 23.7 Å². The molecule has 218 valence electrons. The van der Waals surface area contributed by atoms with Crippen molar-refractivity contribution >= 4 is 23.6 Å². The summed E-state index contributed by atoms with van der Waals surface area (Å²) in [6, 6.07) is 13.7. The van der Waals surface area contributed by atoms with E-state index < -0.39 is 35.7 Å². The molecular formula is C30H25F3N7O3+. The van der Waals surface area contributed by atoms with Crippen LogP contribution in [-0.2, 0) is 28.7 Å². The van der Waals surface area contributed by atoms with Crippen molar-refractivity contribution in [2.45, 2.75) is 32.1 Å². The first-order valence-corrected chi connectivity index (χ1v) is 12.8. The molecule has 0 aliphatic carbocycles. The van der Waals surface area contributed by atoms with Crippen molar-refractivity contribution in [3.63, 3.8) is 0 Å². The number of amides is 2. The highest BCUT2D eigenvalue weighted by Gasteiger charge is 2.44. The molecule has 1 aliphatic heterocycles. The third kappa shape index (κ3) is 6.01. The summed E-state index contributed by atoms with van der Waals surface area (Å²) in [5.74, 6) is -1.48. The van der Waals surface area contributed by atoms with Crippen molar-refractivity contribution in [1.82, 2.24) is 4.90 Å². The molecule has 1 aromatic heterocycles. The van der Waals surface area contributed by atoms with Crippen molar-refractivity contribution < 1.29 is 32.1 Å². The van der Waals surface area contributed by atoms with Gasteiger partial charge in [-0.05, 0) is 48.4 Å². The highest BCUT2D eigenvalue weighted by molar-refractivity contribution is 6.10. The minimum absolute atomic E-state index is 0.0513. The quantitative estimate of drug-likeness (QED) is 0.324. The lowest BCUT2D eigenvalue weighted by Gasteiger charge is -2.43. The van der Waals surface area contributed by atoms with Gasteiger partial charge in [0.05, 0.1) is 41.5 Å². The molecule has 0 saturated heterocycles. The number of aryl methyl sites for hydroxylation is 2. The second-order valence-electron chi connectivity index (χ2n) is 9.52. The lowest BCUT2D eigenvalue weighted by Crippen LogP contribution is -2.55. The number of pyridine rings is 1. The van der Waals surface area contributed by atoms with Crippen molar-refractivity contribution in [2.75, 3.05) is 12.0 Å². The standard InChI is InChI=1S/C30H24F3N7O3/c1-18-25(27(41)43-2)26(40(29(37)42)28(36)39(18)23-5-3-4-22(15-23)30(31,32)33)24-7-6-20(17-35)14-21(24)10-13-38-11-8-19(16-34)9-12-38/h3-9,11-12,14-15,26,36H,10,13H2,1-2H3,(H-,37,42)/p+1/t26-/m1/s1. The first-order valence-electron chi connectivity index (χ1n) is 12.8. The number of anilines is 1. The SMILES string of the molecule is COC(=O)C1=C(C)N(c2cccc(C(F)(F)F)c2)C(=N)N(C(N)=O)[C@@H]1c1ccc(C#N)cc1CC[n+]1ccc(C#N)cc1. The molecule has 1 atom stereocenters. The number of guanidine groups is 1. The number of nitrogens with two attached hydrogens (primary N) is 1. The first kappa shape index (κ1) is 30.3. The van der Waals surface area contributed by atoms with Gasteiger partial charge in [0.25, 0.3) is 0 Å². The van der Waals surface area contributed by atoms with Gasteiger partial charge in [0, 0.05) is 29.9 Å². The molecule has 2 amide bonds. The summed E-state index contributed by atoms with van der Waals surface area (Å²) in [7, 11) is 1.12. The van der Waals surface area contributed by atoms with Gasteiger partial charge >= 0.3 is 18.2 Å². The van der Waals surface area contributed by atoms with Gasteiger partial charge in [0.2, 0.25) is 5.96 Å². The van der Waals surface area contributed by atoms with Crippen LogP contribution < -0.4 is 15.2 Å². The molecule has 3 N–H and O–H groups in total. The van der Waals surface area contributed by atoms with Gasteiger partial charge in [-0.1, -0.05) is 12.1 Å². The number of nitrogens with zero attached hydrogens (tertiary/aromatic N) is 5. The van der Waals surface area contributed by atoms with Gasteiger partial charge in [0.1, 0.15) is 6.04 Å². The third-order valence-corrected chi connectivity index (χ3v) is 7.00. The fraction of sp³-hybridized carbons (Fsp3) is 0.200. The number of methoxy groups -OCH3 is 1. The molecular weight excluding hydrogens is 563 g/mol. The Morgan fingerprint density at radius 1 is 1.07 bits per heavy atom.